The lowest BCUT2D eigenvalue weighted by Crippen LogP contribution is -2.26. The number of nitrogens with one attached hydrogen (secondary N) is 1. The second-order valence-corrected chi connectivity index (χ2v) is 6.37. The van der Waals surface area contributed by atoms with Crippen molar-refractivity contribution in [2.45, 2.75) is 19.9 Å². The van der Waals surface area contributed by atoms with Crippen LogP contribution in [0.5, 0.6) is 0 Å². The van der Waals surface area contributed by atoms with E-state index in [2.05, 4.69) is 9.71 Å². The molecule has 5 nitrogen and oxygen atoms in total. The summed E-state index contributed by atoms with van der Waals surface area (Å²) < 4.78 is 25.3. The molecule has 1 aromatic heterocycles. The molecule has 0 aromatic carbocycles. The summed E-state index contributed by atoms with van der Waals surface area (Å²) in [6.45, 7) is 2.59. The Morgan fingerprint density at radius 2 is 2.33 bits per heavy atom. The molecule has 0 spiro atoms. The maximum atomic E-state index is 11.4. The molecule has 86 valence electrons. The van der Waals surface area contributed by atoms with Crippen molar-refractivity contribution in [2.24, 2.45) is 5.73 Å². The molecule has 7 heteroatoms. The number of sulfonamides is 1. The third kappa shape index (κ3) is 4.70. The van der Waals surface area contributed by atoms with E-state index in [0.29, 0.717) is 19.5 Å². The maximum Gasteiger partial charge on any atom is 0.211 e. The average Bonchev–Trinajstić information content (AvgIpc) is 2.59. The number of thiazole rings is 1. The second-order valence-electron chi connectivity index (χ2n) is 3.13. The van der Waals surface area contributed by atoms with Crippen molar-refractivity contribution in [2.75, 3.05) is 12.3 Å². The number of aryl methyl sites for hydroxylation is 1. The summed E-state index contributed by atoms with van der Waals surface area (Å²) in [5.74, 6) is 0.0846. The molecule has 1 rings (SSSR count). The highest BCUT2D eigenvalue weighted by atomic mass is 32.2. The molecule has 0 aliphatic heterocycles. The van der Waals surface area contributed by atoms with Crippen molar-refractivity contribution in [3.05, 3.63) is 16.1 Å². The summed E-state index contributed by atoms with van der Waals surface area (Å²) in [5.41, 5.74) is 5.25. The normalized spacial score (nSPS) is 11.9. The first-order chi connectivity index (χ1) is 7.03. The van der Waals surface area contributed by atoms with Crippen molar-refractivity contribution in [3.8, 4) is 0 Å². The van der Waals surface area contributed by atoms with Gasteiger partial charge in [-0.1, -0.05) is 0 Å². The number of rotatable bonds is 6. The number of nitrogens with two attached hydrogens (primary N) is 1. The first-order valence-electron chi connectivity index (χ1n) is 4.62. The van der Waals surface area contributed by atoms with Crippen LogP contribution in [0.1, 0.15) is 16.3 Å². The molecule has 1 aromatic rings. The van der Waals surface area contributed by atoms with Crippen LogP contribution in [0.4, 0.5) is 0 Å². The number of hydrogen-bond donors (Lipinski definition) is 2. The van der Waals surface area contributed by atoms with Crippen molar-refractivity contribution >= 4 is 21.4 Å². The minimum absolute atomic E-state index is 0.0846. The van der Waals surface area contributed by atoms with Gasteiger partial charge >= 0.3 is 0 Å². The fourth-order valence-corrected chi connectivity index (χ4v) is 2.91. The minimum Gasteiger partial charge on any atom is -0.330 e. The van der Waals surface area contributed by atoms with Crippen LogP contribution in [-0.4, -0.2) is 25.7 Å². The molecule has 0 radical (unpaired) electrons. The summed E-state index contributed by atoms with van der Waals surface area (Å²) in [7, 11) is -3.18. The van der Waals surface area contributed by atoms with Gasteiger partial charge in [-0.15, -0.1) is 11.3 Å². The average molecular weight is 249 g/mol. The van der Waals surface area contributed by atoms with Crippen LogP contribution in [0.15, 0.2) is 6.20 Å². The van der Waals surface area contributed by atoms with Gasteiger partial charge in [0, 0.05) is 17.6 Å². The Hall–Kier alpha value is -0.500. The highest BCUT2D eigenvalue weighted by Gasteiger charge is 2.09. The molecule has 3 N–H and O–H groups in total. The van der Waals surface area contributed by atoms with Gasteiger partial charge in [-0.25, -0.2) is 18.1 Å². The largest absolute Gasteiger partial charge is 0.330 e. The first kappa shape index (κ1) is 12.6. The number of aromatic nitrogens is 1. The van der Waals surface area contributed by atoms with Crippen LogP contribution < -0.4 is 10.5 Å². The Kier molecular flexibility index (Phi) is 4.65. The van der Waals surface area contributed by atoms with E-state index < -0.39 is 10.0 Å². The lowest BCUT2D eigenvalue weighted by molar-refractivity contribution is 0.579. The molecule has 0 aliphatic carbocycles. The van der Waals surface area contributed by atoms with E-state index in [1.54, 1.807) is 6.20 Å². The molecule has 0 saturated heterocycles. The summed E-state index contributed by atoms with van der Waals surface area (Å²) in [6.07, 6.45) is 2.17. The van der Waals surface area contributed by atoms with Crippen LogP contribution in [0.3, 0.4) is 0 Å². The van der Waals surface area contributed by atoms with Gasteiger partial charge in [-0.05, 0) is 19.9 Å². The highest BCUT2D eigenvalue weighted by Crippen LogP contribution is 2.11. The van der Waals surface area contributed by atoms with Crippen LogP contribution in [0, 0.1) is 6.92 Å². The number of nitrogens with zero attached hydrogens (tertiary/aromatic N) is 1. The highest BCUT2D eigenvalue weighted by molar-refractivity contribution is 7.89. The molecular weight excluding hydrogens is 234 g/mol. The monoisotopic (exact) mass is 249 g/mol. The van der Waals surface area contributed by atoms with Crippen molar-refractivity contribution < 1.29 is 8.42 Å². The lowest BCUT2D eigenvalue weighted by atomic mass is 10.5. The topological polar surface area (TPSA) is 85.1 Å². The van der Waals surface area contributed by atoms with E-state index in [9.17, 15) is 8.42 Å². The third-order valence-corrected chi connectivity index (χ3v) is 4.08. The van der Waals surface area contributed by atoms with Crippen molar-refractivity contribution in [3.63, 3.8) is 0 Å². The Balaban J connectivity index is 2.42. The smallest absolute Gasteiger partial charge is 0.211 e. The molecule has 0 bridgehead atoms. The van der Waals surface area contributed by atoms with Gasteiger partial charge in [0.2, 0.25) is 10.0 Å². The van der Waals surface area contributed by atoms with Crippen LogP contribution in [0.2, 0.25) is 0 Å². The van der Waals surface area contributed by atoms with Gasteiger partial charge in [-0.3, -0.25) is 0 Å². The second kappa shape index (κ2) is 5.55. The van der Waals surface area contributed by atoms with E-state index in [-0.39, 0.29) is 5.75 Å². The van der Waals surface area contributed by atoms with Crippen LogP contribution >= 0.6 is 11.3 Å². The van der Waals surface area contributed by atoms with Gasteiger partial charge in [0.1, 0.15) is 0 Å². The summed E-state index contributed by atoms with van der Waals surface area (Å²) in [6, 6.07) is 0. The Morgan fingerprint density at radius 1 is 1.60 bits per heavy atom. The standard InChI is InChI=1S/C8H15N3O2S2/c1-7-10-5-8(14-7)6-11-15(12,13)4-2-3-9/h5,11H,2-4,6,9H2,1H3. The van der Waals surface area contributed by atoms with Crippen molar-refractivity contribution in [1.29, 1.82) is 0 Å². The zero-order valence-electron chi connectivity index (χ0n) is 8.56. The van der Waals surface area contributed by atoms with E-state index in [1.807, 2.05) is 6.92 Å². The van der Waals surface area contributed by atoms with Crippen LogP contribution in [-0.2, 0) is 16.6 Å². The minimum atomic E-state index is -3.18. The van der Waals surface area contributed by atoms with Gasteiger partial charge in [0.05, 0.1) is 10.8 Å². The summed E-state index contributed by atoms with van der Waals surface area (Å²) in [5, 5.41) is 0.936. The zero-order chi connectivity index (χ0) is 11.3. The third-order valence-electron chi connectivity index (χ3n) is 1.75. The quantitative estimate of drug-likeness (QED) is 0.755. The molecule has 15 heavy (non-hydrogen) atoms. The van der Waals surface area contributed by atoms with E-state index >= 15 is 0 Å². The fraction of sp³-hybridized carbons (Fsp3) is 0.625. The van der Waals surface area contributed by atoms with E-state index in [4.69, 9.17) is 5.73 Å². The Labute approximate surface area is 93.8 Å². The molecule has 0 aliphatic rings. The molecule has 0 saturated carbocycles. The Morgan fingerprint density at radius 3 is 2.87 bits per heavy atom. The fourth-order valence-electron chi connectivity index (χ4n) is 1.01. The SMILES string of the molecule is Cc1ncc(CNS(=O)(=O)CCCN)s1. The predicted octanol–water partition coefficient (Wildman–Crippen LogP) is 0.220. The molecule has 0 atom stereocenters. The van der Waals surface area contributed by atoms with Crippen LogP contribution in [0.25, 0.3) is 0 Å². The predicted molar refractivity (Wildman–Crippen MR) is 61.1 cm³/mol. The summed E-state index contributed by atoms with van der Waals surface area (Å²) in [4.78, 5) is 4.96. The molecule has 0 amide bonds. The van der Waals surface area contributed by atoms with Gasteiger partial charge in [0.25, 0.3) is 0 Å². The number of hydrogen-bond acceptors (Lipinski definition) is 5. The van der Waals surface area contributed by atoms with E-state index in [0.717, 1.165) is 9.88 Å². The first-order valence-corrected chi connectivity index (χ1v) is 7.09. The van der Waals surface area contributed by atoms with E-state index in [1.165, 1.54) is 11.3 Å². The lowest BCUT2D eigenvalue weighted by Gasteiger charge is -2.03. The van der Waals surface area contributed by atoms with Gasteiger partial charge in [0.15, 0.2) is 0 Å². The molecule has 0 fully saturated rings. The van der Waals surface area contributed by atoms with Gasteiger partial charge < -0.3 is 5.73 Å². The molecule has 1 heterocycles. The van der Waals surface area contributed by atoms with Gasteiger partial charge in [-0.2, -0.15) is 0 Å². The molecule has 0 unspecified atom stereocenters. The molecular formula is C8H15N3O2S2. The maximum absolute atomic E-state index is 11.4. The zero-order valence-corrected chi connectivity index (χ0v) is 10.2. The summed E-state index contributed by atoms with van der Waals surface area (Å²) >= 11 is 1.49. The van der Waals surface area contributed by atoms with Crippen molar-refractivity contribution in [1.82, 2.24) is 9.71 Å². The Bertz CT molecular complexity index is 400.